The van der Waals surface area contributed by atoms with Crippen LogP contribution in [0, 0.1) is 0 Å². The third kappa shape index (κ3) is 5.69. The summed E-state index contributed by atoms with van der Waals surface area (Å²) >= 11 is 1.87. The molecule has 0 aliphatic carbocycles. The smallest absolute Gasteiger partial charge is 0.0828 e. The highest BCUT2D eigenvalue weighted by molar-refractivity contribution is 7.26. The maximum atomic E-state index is 5.31. The highest BCUT2D eigenvalue weighted by atomic mass is 32.1. The number of aliphatic imine (C=N–C) groups is 2. The van der Waals surface area contributed by atoms with Crippen molar-refractivity contribution in [1.82, 2.24) is 9.13 Å². The first-order valence-corrected chi connectivity index (χ1v) is 22.1. The average molecular weight is 823 g/mol. The summed E-state index contributed by atoms with van der Waals surface area (Å²) in [6.45, 7) is 0. The molecule has 296 valence electrons. The van der Waals surface area contributed by atoms with Gasteiger partial charge in [0.25, 0.3) is 0 Å². The van der Waals surface area contributed by atoms with Crippen LogP contribution in [-0.2, 0) is 0 Å². The normalized spacial score (nSPS) is 14.2. The van der Waals surface area contributed by atoms with Gasteiger partial charge in [-0.15, -0.1) is 11.3 Å². The molecule has 1 aliphatic rings. The first kappa shape index (κ1) is 35.7. The predicted molar refractivity (Wildman–Crippen MR) is 266 cm³/mol. The fourth-order valence-electron chi connectivity index (χ4n) is 9.73. The summed E-state index contributed by atoms with van der Waals surface area (Å²) in [6.07, 6.45) is -0.511. The van der Waals surface area contributed by atoms with E-state index in [0.29, 0.717) is 11.7 Å². The lowest BCUT2D eigenvalue weighted by Gasteiger charge is -2.32. The van der Waals surface area contributed by atoms with Crippen LogP contribution in [0.4, 0.5) is 0 Å². The van der Waals surface area contributed by atoms with Gasteiger partial charge >= 0.3 is 0 Å². The molecule has 3 aromatic heterocycles. The van der Waals surface area contributed by atoms with Crippen LogP contribution in [0.3, 0.4) is 0 Å². The topological polar surface area (TPSA) is 48.7 Å². The van der Waals surface area contributed by atoms with Gasteiger partial charge in [0, 0.05) is 53.1 Å². The Labute approximate surface area is 367 Å². The maximum absolute atomic E-state index is 5.31. The van der Waals surface area contributed by atoms with Gasteiger partial charge < -0.3 is 19.4 Å². The molecule has 63 heavy (non-hydrogen) atoms. The molecule has 0 radical (unpaired) electrons. The van der Waals surface area contributed by atoms with Crippen molar-refractivity contribution < 1.29 is 0 Å². The Morgan fingerprint density at radius 1 is 0.413 bits per heavy atom. The summed E-state index contributed by atoms with van der Waals surface area (Å²) < 4.78 is 7.33. The Bertz CT molecular complexity index is 3750. The molecular weight excluding hydrogens is 787 g/mol. The molecule has 13 rings (SSSR count). The molecule has 9 aromatic carbocycles. The van der Waals surface area contributed by atoms with Crippen LogP contribution in [0.1, 0.15) is 22.9 Å². The van der Waals surface area contributed by atoms with E-state index in [1.807, 2.05) is 47.7 Å². The SMILES string of the molecule is c1ccc(C2=NC(c3cccc4c3c3cc5sc6cc(-n7c8ccccc8c8ccccc87)cc(-c7ccccc7)c6c5cc3n4-c3ccccc3)[N-]C(c3ccccc3)=N2)cc1. The van der Waals surface area contributed by atoms with Crippen molar-refractivity contribution in [3.05, 3.63) is 234 Å². The highest BCUT2D eigenvalue weighted by Crippen LogP contribution is 2.47. The molecule has 6 heteroatoms. The van der Waals surface area contributed by atoms with Crippen LogP contribution in [0.25, 0.3) is 91.6 Å². The molecule has 4 heterocycles. The van der Waals surface area contributed by atoms with E-state index in [0.717, 1.165) is 44.5 Å². The van der Waals surface area contributed by atoms with Crippen LogP contribution in [0.15, 0.2) is 222 Å². The molecule has 1 aliphatic heterocycles. The van der Waals surface area contributed by atoms with E-state index in [2.05, 4.69) is 185 Å². The largest absolute Gasteiger partial charge is 0.438 e. The molecule has 0 bridgehead atoms. The number of hydrogen-bond donors (Lipinski definition) is 0. The van der Waals surface area contributed by atoms with Crippen LogP contribution < -0.4 is 0 Å². The molecule has 1 atom stereocenters. The first-order chi connectivity index (χ1) is 31.2. The molecule has 0 fully saturated rings. The molecule has 0 amide bonds. The third-order valence-corrected chi connectivity index (χ3v) is 13.6. The van der Waals surface area contributed by atoms with E-state index in [9.17, 15) is 0 Å². The van der Waals surface area contributed by atoms with Crippen molar-refractivity contribution in [3.8, 4) is 22.5 Å². The van der Waals surface area contributed by atoms with Gasteiger partial charge in [0.2, 0.25) is 0 Å². The molecule has 5 nitrogen and oxygen atoms in total. The minimum Gasteiger partial charge on any atom is -0.438 e. The lowest BCUT2D eigenvalue weighted by atomic mass is 9.97. The number of fused-ring (bicyclic) bond motifs is 9. The number of thiophene rings is 1. The summed E-state index contributed by atoms with van der Waals surface area (Å²) in [4.78, 5) is 10.4. The quantitative estimate of drug-likeness (QED) is 0.160. The van der Waals surface area contributed by atoms with E-state index >= 15 is 0 Å². The van der Waals surface area contributed by atoms with Crippen LogP contribution in [0.5, 0.6) is 0 Å². The van der Waals surface area contributed by atoms with E-state index in [4.69, 9.17) is 15.3 Å². The second kappa shape index (κ2) is 14.3. The second-order valence-corrected chi connectivity index (χ2v) is 17.2. The van der Waals surface area contributed by atoms with E-state index in [1.165, 1.54) is 58.5 Å². The van der Waals surface area contributed by atoms with Crippen molar-refractivity contribution in [2.75, 3.05) is 0 Å². The summed E-state index contributed by atoms with van der Waals surface area (Å²) in [5, 5.41) is 12.6. The lowest BCUT2D eigenvalue weighted by Crippen LogP contribution is -2.16. The van der Waals surface area contributed by atoms with E-state index in [-0.39, 0.29) is 0 Å². The fraction of sp³-hybridized carbons (Fsp3) is 0.0175. The maximum Gasteiger partial charge on any atom is 0.0828 e. The fourth-order valence-corrected chi connectivity index (χ4v) is 10.9. The summed E-state index contributed by atoms with van der Waals surface area (Å²) in [5.41, 5.74) is 12.3. The average Bonchev–Trinajstić information content (AvgIpc) is 4.01. The van der Waals surface area contributed by atoms with Crippen molar-refractivity contribution in [3.63, 3.8) is 0 Å². The lowest BCUT2D eigenvalue weighted by molar-refractivity contribution is 0.887. The number of aromatic nitrogens is 2. The van der Waals surface area contributed by atoms with E-state index < -0.39 is 6.17 Å². The summed E-state index contributed by atoms with van der Waals surface area (Å²) in [7, 11) is 0. The highest BCUT2D eigenvalue weighted by Gasteiger charge is 2.24. The zero-order valence-electron chi connectivity index (χ0n) is 33.9. The second-order valence-electron chi connectivity index (χ2n) is 16.1. The summed E-state index contributed by atoms with van der Waals surface area (Å²) in [5.74, 6) is 1.36. The van der Waals surface area contributed by atoms with Crippen molar-refractivity contribution in [1.29, 1.82) is 0 Å². The molecule has 0 saturated carbocycles. The van der Waals surface area contributed by atoms with Gasteiger partial charge in [-0.2, -0.15) is 0 Å². The minimum absolute atomic E-state index is 0.511. The van der Waals surface area contributed by atoms with Gasteiger partial charge in [0.05, 0.1) is 34.1 Å². The van der Waals surface area contributed by atoms with Gasteiger partial charge in [0.1, 0.15) is 0 Å². The first-order valence-electron chi connectivity index (χ1n) is 21.3. The van der Waals surface area contributed by atoms with Crippen LogP contribution in [0.2, 0.25) is 0 Å². The Morgan fingerprint density at radius 3 is 1.70 bits per heavy atom. The number of rotatable bonds is 6. The van der Waals surface area contributed by atoms with E-state index in [1.54, 1.807) is 0 Å². The Morgan fingerprint density at radius 2 is 1.00 bits per heavy atom. The molecule has 0 N–H and O–H groups in total. The molecular formula is C57H36N5S-. The van der Waals surface area contributed by atoms with Gasteiger partial charge in [-0.1, -0.05) is 164 Å². The number of para-hydroxylation sites is 3. The molecule has 12 aromatic rings. The van der Waals surface area contributed by atoms with Gasteiger partial charge in [-0.25, -0.2) is 0 Å². The molecule has 0 saturated heterocycles. The zero-order chi connectivity index (χ0) is 41.4. The molecule has 0 spiro atoms. The summed E-state index contributed by atoms with van der Waals surface area (Å²) in [6, 6.07) is 75.8. The van der Waals surface area contributed by atoms with Crippen LogP contribution >= 0.6 is 11.3 Å². The predicted octanol–water partition coefficient (Wildman–Crippen LogP) is 15.2. The monoisotopic (exact) mass is 822 g/mol. The number of benzene rings is 9. The Hall–Kier alpha value is -8.06. The number of amidine groups is 2. The van der Waals surface area contributed by atoms with Crippen LogP contribution in [-0.4, -0.2) is 20.8 Å². The molecule has 1 unspecified atom stereocenters. The standard InChI is InChI=1S/C57H36N5S/c1-5-18-36(19-6-1)44-32-40(62-47-29-15-13-26-41(47)42-27-14-16-30-48(42)62)33-52-54(44)46-34-50-45(35-51(46)63-52)53-43(28-17-31-49(53)61(50)39-24-11-4-12-25-39)57-59-55(37-20-7-2-8-21-37)58-56(60-57)38-22-9-3-10-23-38/h1-35,57H/q-1. The van der Waals surface area contributed by atoms with Gasteiger partial charge in [-0.05, 0) is 82.4 Å². The number of nitrogens with zero attached hydrogens (tertiary/aromatic N) is 5. The zero-order valence-corrected chi connectivity index (χ0v) is 34.7. The minimum atomic E-state index is -0.511. The van der Waals surface area contributed by atoms with Crippen molar-refractivity contribution in [2.24, 2.45) is 9.98 Å². The van der Waals surface area contributed by atoms with Crippen molar-refractivity contribution in [2.45, 2.75) is 6.17 Å². The van der Waals surface area contributed by atoms with Crippen molar-refractivity contribution >= 4 is 86.8 Å². The Kier molecular flexibility index (Phi) is 8.08. The Balaban J connectivity index is 1.09. The third-order valence-electron chi connectivity index (χ3n) is 12.5. The van der Waals surface area contributed by atoms with Gasteiger partial charge in [-0.3, -0.25) is 4.99 Å². The van der Waals surface area contributed by atoms with Gasteiger partial charge in [0.15, 0.2) is 0 Å². The number of hydrogen-bond acceptors (Lipinski definition) is 3.